The van der Waals surface area contributed by atoms with Crippen molar-refractivity contribution in [3.63, 3.8) is 0 Å². The number of nitrogens with one attached hydrogen (secondary N) is 1. The lowest BCUT2D eigenvalue weighted by Gasteiger charge is -2.23. The molecule has 19 heavy (non-hydrogen) atoms. The number of aromatic amines is 1. The van der Waals surface area contributed by atoms with Crippen molar-refractivity contribution in [2.24, 2.45) is 0 Å². The molecular formula is C14H19N5. The van der Waals surface area contributed by atoms with Crippen LogP contribution in [0.15, 0.2) is 18.5 Å². The third-order valence-electron chi connectivity index (χ3n) is 3.81. The Morgan fingerprint density at radius 1 is 1.42 bits per heavy atom. The Morgan fingerprint density at radius 3 is 3.05 bits per heavy atom. The number of H-pyrrole nitrogens is 1. The summed E-state index contributed by atoms with van der Waals surface area (Å²) in [4.78, 5) is 11.2. The van der Waals surface area contributed by atoms with E-state index >= 15 is 0 Å². The Balaban J connectivity index is 1.80. The molecule has 0 amide bonds. The van der Waals surface area contributed by atoms with Gasteiger partial charge in [-0.25, -0.2) is 9.97 Å². The highest BCUT2D eigenvalue weighted by atomic mass is 15.2. The molecule has 3 rings (SSSR count). The van der Waals surface area contributed by atoms with Gasteiger partial charge >= 0.3 is 0 Å². The van der Waals surface area contributed by atoms with Gasteiger partial charge in [-0.2, -0.15) is 5.10 Å². The molecule has 1 fully saturated rings. The quantitative estimate of drug-likeness (QED) is 0.915. The predicted octanol–water partition coefficient (Wildman–Crippen LogP) is 2.15. The summed E-state index contributed by atoms with van der Waals surface area (Å²) in [5.74, 6) is 0.851. The lowest BCUT2D eigenvalue weighted by Crippen LogP contribution is -2.23. The summed E-state index contributed by atoms with van der Waals surface area (Å²) < 4.78 is 0. The fourth-order valence-electron chi connectivity index (χ4n) is 2.76. The maximum Gasteiger partial charge on any atom is 0.125 e. The second-order valence-corrected chi connectivity index (χ2v) is 5.18. The maximum absolute atomic E-state index is 4.58. The molecule has 1 aliphatic rings. The SMILES string of the molecule is Cc1nccc(C2CCCN2Cc2cn[nH]c2C)n1. The highest BCUT2D eigenvalue weighted by molar-refractivity contribution is 5.16. The topological polar surface area (TPSA) is 57.7 Å². The van der Waals surface area contributed by atoms with Crippen molar-refractivity contribution in [1.29, 1.82) is 0 Å². The summed E-state index contributed by atoms with van der Waals surface area (Å²) in [5, 5.41) is 7.10. The van der Waals surface area contributed by atoms with Crippen LogP contribution in [0.3, 0.4) is 0 Å². The van der Waals surface area contributed by atoms with Crippen molar-refractivity contribution in [2.75, 3.05) is 6.54 Å². The molecule has 0 aromatic carbocycles. The van der Waals surface area contributed by atoms with E-state index in [4.69, 9.17) is 0 Å². The molecule has 0 bridgehead atoms. The number of hydrogen-bond donors (Lipinski definition) is 1. The van der Waals surface area contributed by atoms with Crippen LogP contribution in [0, 0.1) is 13.8 Å². The molecule has 1 unspecified atom stereocenters. The van der Waals surface area contributed by atoms with E-state index in [0.29, 0.717) is 6.04 Å². The van der Waals surface area contributed by atoms with E-state index in [2.05, 4.69) is 32.0 Å². The van der Waals surface area contributed by atoms with Crippen LogP contribution in [0.4, 0.5) is 0 Å². The van der Waals surface area contributed by atoms with Crippen LogP contribution in [0.2, 0.25) is 0 Å². The van der Waals surface area contributed by atoms with E-state index in [1.165, 1.54) is 18.4 Å². The van der Waals surface area contributed by atoms with Gasteiger partial charge in [-0.05, 0) is 39.3 Å². The van der Waals surface area contributed by atoms with E-state index in [9.17, 15) is 0 Å². The van der Waals surface area contributed by atoms with E-state index in [1.807, 2.05) is 25.4 Å². The van der Waals surface area contributed by atoms with Crippen molar-refractivity contribution in [1.82, 2.24) is 25.1 Å². The van der Waals surface area contributed by atoms with Crippen LogP contribution >= 0.6 is 0 Å². The number of aromatic nitrogens is 4. The molecule has 5 nitrogen and oxygen atoms in total. The third-order valence-corrected chi connectivity index (χ3v) is 3.81. The zero-order valence-corrected chi connectivity index (χ0v) is 11.4. The van der Waals surface area contributed by atoms with E-state index < -0.39 is 0 Å². The van der Waals surface area contributed by atoms with Gasteiger partial charge < -0.3 is 0 Å². The predicted molar refractivity (Wildman–Crippen MR) is 72.5 cm³/mol. The van der Waals surface area contributed by atoms with Crippen LogP contribution in [-0.2, 0) is 6.54 Å². The molecule has 0 radical (unpaired) electrons. The van der Waals surface area contributed by atoms with Crippen molar-refractivity contribution in [3.8, 4) is 0 Å². The molecule has 2 aromatic rings. The molecule has 1 aliphatic heterocycles. The standard InChI is InChI=1S/C14H19N5/c1-10-12(8-16-18-10)9-19-7-3-4-14(19)13-5-6-15-11(2)17-13/h5-6,8,14H,3-4,7,9H2,1-2H3,(H,16,18). The average molecular weight is 257 g/mol. The first-order chi connectivity index (χ1) is 9.24. The Morgan fingerprint density at radius 2 is 2.32 bits per heavy atom. The van der Waals surface area contributed by atoms with Gasteiger partial charge in [0.25, 0.3) is 0 Å². The minimum Gasteiger partial charge on any atom is -0.290 e. The molecule has 1 saturated heterocycles. The maximum atomic E-state index is 4.58. The van der Waals surface area contributed by atoms with Gasteiger partial charge in [-0.3, -0.25) is 10.00 Å². The molecule has 0 saturated carbocycles. The number of rotatable bonds is 3. The molecule has 0 aliphatic carbocycles. The van der Waals surface area contributed by atoms with Crippen LogP contribution < -0.4 is 0 Å². The smallest absolute Gasteiger partial charge is 0.125 e. The van der Waals surface area contributed by atoms with Crippen molar-refractivity contribution >= 4 is 0 Å². The Kier molecular flexibility index (Phi) is 3.29. The van der Waals surface area contributed by atoms with Crippen LogP contribution in [0.25, 0.3) is 0 Å². The summed E-state index contributed by atoms with van der Waals surface area (Å²) in [5.41, 5.74) is 3.58. The number of hydrogen-bond acceptors (Lipinski definition) is 4. The minimum absolute atomic E-state index is 0.413. The zero-order chi connectivity index (χ0) is 13.2. The number of likely N-dealkylation sites (tertiary alicyclic amines) is 1. The summed E-state index contributed by atoms with van der Waals surface area (Å²) in [6.45, 7) is 6.08. The lowest BCUT2D eigenvalue weighted by atomic mass is 10.1. The van der Waals surface area contributed by atoms with E-state index in [-0.39, 0.29) is 0 Å². The van der Waals surface area contributed by atoms with Crippen LogP contribution in [-0.4, -0.2) is 31.6 Å². The molecule has 100 valence electrons. The van der Waals surface area contributed by atoms with Gasteiger partial charge in [0.15, 0.2) is 0 Å². The fraction of sp³-hybridized carbons (Fsp3) is 0.500. The lowest BCUT2D eigenvalue weighted by molar-refractivity contribution is 0.243. The highest BCUT2D eigenvalue weighted by Gasteiger charge is 2.27. The van der Waals surface area contributed by atoms with Gasteiger partial charge in [-0.1, -0.05) is 0 Å². The van der Waals surface area contributed by atoms with Crippen molar-refractivity contribution in [3.05, 3.63) is 41.2 Å². The monoisotopic (exact) mass is 257 g/mol. The summed E-state index contributed by atoms with van der Waals surface area (Å²) in [6.07, 6.45) is 6.19. The second kappa shape index (κ2) is 5.09. The number of aryl methyl sites for hydroxylation is 2. The normalized spacial score (nSPS) is 20.0. The highest BCUT2D eigenvalue weighted by Crippen LogP contribution is 2.32. The van der Waals surface area contributed by atoms with Crippen LogP contribution in [0.5, 0.6) is 0 Å². The molecule has 3 heterocycles. The Hall–Kier alpha value is -1.75. The zero-order valence-electron chi connectivity index (χ0n) is 11.4. The Labute approximate surface area is 113 Å². The first-order valence-corrected chi connectivity index (χ1v) is 6.76. The largest absolute Gasteiger partial charge is 0.290 e. The third kappa shape index (κ3) is 2.51. The first-order valence-electron chi connectivity index (χ1n) is 6.76. The van der Waals surface area contributed by atoms with Gasteiger partial charge in [0.05, 0.1) is 17.9 Å². The fourth-order valence-corrected chi connectivity index (χ4v) is 2.76. The van der Waals surface area contributed by atoms with Crippen molar-refractivity contribution < 1.29 is 0 Å². The first kappa shape index (κ1) is 12.3. The molecule has 1 atom stereocenters. The Bertz CT molecular complexity index is 562. The minimum atomic E-state index is 0.413. The summed E-state index contributed by atoms with van der Waals surface area (Å²) in [6, 6.07) is 2.45. The molecule has 1 N–H and O–H groups in total. The number of nitrogens with zero attached hydrogens (tertiary/aromatic N) is 4. The molecule has 2 aromatic heterocycles. The van der Waals surface area contributed by atoms with E-state index in [0.717, 1.165) is 30.3 Å². The van der Waals surface area contributed by atoms with Gasteiger partial charge in [0.1, 0.15) is 5.82 Å². The summed E-state index contributed by atoms with van der Waals surface area (Å²) >= 11 is 0. The molecule has 0 spiro atoms. The van der Waals surface area contributed by atoms with Gasteiger partial charge in [-0.15, -0.1) is 0 Å². The summed E-state index contributed by atoms with van der Waals surface area (Å²) in [7, 11) is 0. The van der Waals surface area contributed by atoms with Crippen LogP contribution in [0.1, 0.15) is 41.7 Å². The molecule has 5 heteroatoms. The van der Waals surface area contributed by atoms with Crippen molar-refractivity contribution in [2.45, 2.75) is 39.3 Å². The molecular weight excluding hydrogens is 238 g/mol. The van der Waals surface area contributed by atoms with E-state index in [1.54, 1.807) is 0 Å². The van der Waals surface area contributed by atoms with Gasteiger partial charge in [0.2, 0.25) is 0 Å². The average Bonchev–Trinajstić information content (AvgIpc) is 3.00. The van der Waals surface area contributed by atoms with Gasteiger partial charge in [0, 0.05) is 24.0 Å². The second-order valence-electron chi connectivity index (χ2n) is 5.18.